The second-order valence-corrected chi connectivity index (χ2v) is 9.61. The quantitative estimate of drug-likeness (QED) is 0.268. The summed E-state index contributed by atoms with van der Waals surface area (Å²) < 4.78 is 5.07. The van der Waals surface area contributed by atoms with Crippen molar-refractivity contribution in [3.8, 4) is 0 Å². The Balaban J connectivity index is 1.37. The number of rotatable bonds is 8. The van der Waals surface area contributed by atoms with Gasteiger partial charge in [-0.3, -0.25) is 29.9 Å². The molecule has 12 nitrogen and oxygen atoms in total. The summed E-state index contributed by atoms with van der Waals surface area (Å²) >= 11 is 2.62. The van der Waals surface area contributed by atoms with Crippen molar-refractivity contribution in [1.29, 1.82) is 0 Å². The van der Waals surface area contributed by atoms with Crippen LogP contribution in [0.1, 0.15) is 10.4 Å². The number of carboxylic acid groups (broad SMARTS) is 1. The Morgan fingerprint density at radius 2 is 1.97 bits per heavy atom. The molecular formula is C21H18N4O8S2. The molecule has 1 unspecified atom stereocenters. The fourth-order valence-electron chi connectivity index (χ4n) is 3.53. The van der Waals surface area contributed by atoms with Gasteiger partial charge in [-0.05, 0) is 29.1 Å². The van der Waals surface area contributed by atoms with Gasteiger partial charge in [-0.25, -0.2) is 9.59 Å². The molecule has 1 fully saturated rings. The van der Waals surface area contributed by atoms with Gasteiger partial charge in [0.1, 0.15) is 18.0 Å². The van der Waals surface area contributed by atoms with E-state index in [1.54, 1.807) is 6.07 Å². The van der Waals surface area contributed by atoms with Crippen molar-refractivity contribution in [1.82, 2.24) is 15.5 Å². The number of carbonyl (C=O) groups excluding carboxylic acids is 3. The first-order valence-corrected chi connectivity index (χ1v) is 12.1. The van der Waals surface area contributed by atoms with Crippen LogP contribution in [-0.4, -0.2) is 56.0 Å². The van der Waals surface area contributed by atoms with Crippen LogP contribution in [0.4, 0.5) is 10.5 Å². The molecule has 3 N–H and O–H groups in total. The minimum atomic E-state index is -1.40. The average molecular weight is 519 g/mol. The van der Waals surface area contributed by atoms with Gasteiger partial charge < -0.3 is 15.2 Å². The van der Waals surface area contributed by atoms with E-state index in [9.17, 15) is 34.4 Å². The topological polar surface area (TPSA) is 168 Å². The monoisotopic (exact) mass is 518 g/mol. The van der Waals surface area contributed by atoms with Crippen molar-refractivity contribution in [2.75, 3.05) is 5.75 Å². The van der Waals surface area contributed by atoms with Crippen molar-refractivity contribution in [2.45, 2.75) is 24.4 Å². The number of thioether (sulfide) groups is 1. The van der Waals surface area contributed by atoms with E-state index in [2.05, 4.69) is 10.6 Å². The number of benzene rings is 1. The van der Waals surface area contributed by atoms with Gasteiger partial charge in [0.25, 0.3) is 11.6 Å². The summed E-state index contributed by atoms with van der Waals surface area (Å²) in [5, 5.41) is 26.6. The predicted octanol–water partition coefficient (Wildman–Crippen LogP) is 1.82. The lowest BCUT2D eigenvalue weighted by molar-refractivity contribution is -0.384. The summed E-state index contributed by atoms with van der Waals surface area (Å²) in [6.07, 6.45) is -0.821. The molecule has 3 amide bonds. The molecule has 0 radical (unpaired) electrons. The Morgan fingerprint density at radius 1 is 1.23 bits per heavy atom. The van der Waals surface area contributed by atoms with Gasteiger partial charge in [-0.1, -0.05) is 6.07 Å². The molecule has 3 heterocycles. The van der Waals surface area contributed by atoms with E-state index in [-0.39, 0.29) is 41.8 Å². The molecule has 1 aromatic carbocycles. The smallest absolute Gasteiger partial charge is 0.411 e. The van der Waals surface area contributed by atoms with Gasteiger partial charge in [0, 0.05) is 22.8 Å². The molecule has 2 aliphatic rings. The van der Waals surface area contributed by atoms with E-state index in [0.717, 1.165) is 9.78 Å². The maximum Gasteiger partial charge on any atom is 0.411 e. The number of thiophene rings is 1. The predicted molar refractivity (Wildman–Crippen MR) is 124 cm³/mol. The Hall–Kier alpha value is -3.91. The first kappa shape index (κ1) is 24.2. The highest BCUT2D eigenvalue weighted by Crippen LogP contribution is 2.39. The molecule has 35 heavy (non-hydrogen) atoms. The average Bonchev–Trinajstić information content (AvgIpc) is 3.34. The number of nitrogens with one attached hydrogen (secondary N) is 2. The molecule has 1 aromatic heterocycles. The Morgan fingerprint density at radius 3 is 2.60 bits per heavy atom. The Labute approximate surface area is 206 Å². The molecule has 2 aliphatic heterocycles. The first-order chi connectivity index (χ1) is 16.7. The minimum Gasteiger partial charge on any atom is -0.477 e. The number of carboxylic acids is 1. The number of hydrogen-bond donors (Lipinski definition) is 3. The number of nitrogens with zero attached hydrogens (tertiary/aromatic N) is 2. The lowest BCUT2D eigenvalue weighted by Crippen LogP contribution is -2.71. The van der Waals surface area contributed by atoms with Crippen LogP contribution in [0.15, 0.2) is 53.2 Å². The third kappa shape index (κ3) is 5.27. The highest BCUT2D eigenvalue weighted by Gasteiger charge is 2.54. The molecule has 182 valence electrons. The molecule has 0 bridgehead atoms. The van der Waals surface area contributed by atoms with E-state index in [1.807, 2.05) is 11.4 Å². The highest BCUT2D eigenvalue weighted by atomic mass is 32.2. The van der Waals surface area contributed by atoms with Crippen LogP contribution in [0.25, 0.3) is 0 Å². The third-order valence-electron chi connectivity index (χ3n) is 5.17. The number of alkyl carbamates (subject to hydrolysis) is 1. The number of amides is 3. The number of fused-ring (bicyclic) bond motifs is 1. The summed E-state index contributed by atoms with van der Waals surface area (Å²) in [6.45, 7) is -0.198. The van der Waals surface area contributed by atoms with E-state index < -0.39 is 34.3 Å². The number of ether oxygens (including phenoxy) is 1. The lowest BCUT2D eigenvalue weighted by atomic mass is 10.0. The zero-order valence-electron chi connectivity index (χ0n) is 17.8. The van der Waals surface area contributed by atoms with Crippen LogP contribution in [0.2, 0.25) is 0 Å². The van der Waals surface area contributed by atoms with Crippen molar-refractivity contribution >= 4 is 52.7 Å². The molecule has 1 saturated heterocycles. The van der Waals surface area contributed by atoms with Crippen LogP contribution < -0.4 is 10.6 Å². The first-order valence-electron chi connectivity index (χ1n) is 10.1. The maximum absolute atomic E-state index is 12.7. The second kappa shape index (κ2) is 10.1. The fourth-order valence-corrected chi connectivity index (χ4v) is 5.52. The van der Waals surface area contributed by atoms with E-state index in [4.69, 9.17) is 4.74 Å². The number of hydrogen-bond acceptors (Lipinski definition) is 9. The molecule has 2 atom stereocenters. The number of β-lactam (4-membered cyclic amide) rings is 1. The minimum absolute atomic E-state index is 0.0100. The Bertz CT molecular complexity index is 1210. The molecule has 0 spiro atoms. The lowest BCUT2D eigenvalue weighted by Gasteiger charge is -2.49. The van der Waals surface area contributed by atoms with Crippen molar-refractivity contribution < 1.29 is 33.9 Å². The largest absolute Gasteiger partial charge is 0.477 e. The number of nitro groups is 1. The maximum atomic E-state index is 12.7. The van der Waals surface area contributed by atoms with Gasteiger partial charge in [-0.15, -0.1) is 23.1 Å². The highest BCUT2D eigenvalue weighted by molar-refractivity contribution is 8.00. The zero-order valence-corrected chi connectivity index (χ0v) is 19.5. The van der Waals surface area contributed by atoms with E-state index in [1.165, 1.54) is 47.4 Å². The van der Waals surface area contributed by atoms with Gasteiger partial charge in [0.15, 0.2) is 5.70 Å². The molecule has 0 saturated carbocycles. The summed E-state index contributed by atoms with van der Waals surface area (Å²) in [4.78, 5) is 61.1. The molecule has 0 aliphatic carbocycles. The normalized spacial score (nSPS) is 18.9. The number of aliphatic carboxylic acids is 1. The van der Waals surface area contributed by atoms with Crippen LogP contribution >= 0.6 is 23.1 Å². The van der Waals surface area contributed by atoms with Crippen molar-refractivity contribution in [2.24, 2.45) is 0 Å². The molecule has 4 rings (SSSR count). The van der Waals surface area contributed by atoms with Crippen LogP contribution in [-0.2, 0) is 32.1 Å². The van der Waals surface area contributed by atoms with Gasteiger partial charge in [-0.2, -0.15) is 0 Å². The summed E-state index contributed by atoms with van der Waals surface area (Å²) in [5.74, 6) is -2.26. The van der Waals surface area contributed by atoms with Crippen molar-refractivity contribution in [3.05, 3.63) is 73.7 Å². The second-order valence-electron chi connectivity index (χ2n) is 7.47. The number of carbonyl (C=O) groups is 4. The fraction of sp³-hybridized carbons (Fsp3) is 0.238. The van der Waals surface area contributed by atoms with Gasteiger partial charge in [0.2, 0.25) is 5.91 Å². The van der Waals surface area contributed by atoms with E-state index >= 15 is 0 Å². The third-order valence-corrected chi connectivity index (χ3v) is 7.33. The van der Waals surface area contributed by atoms with Crippen LogP contribution in [0.5, 0.6) is 0 Å². The zero-order chi connectivity index (χ0) is 25.1. The van der Waals surface area contributed by atoms with Gasteiger partial charge in [0.05, 0.1) is 17.0 Å². The summed E-state index contributed by atoms with van der Waals surface area (Å²) in [7, 11) is 0. The molecular weight excluding hydrogens is 500 g/mol. The summed E-state index contributed by atoms with van der Waals surface area (Å²) in [6, 6.07) is 8.15. The SMILES string of the molecule is O=C(Cc1cccs1)NC1C(=O)N2C(C(=O)O)=C(NC(=O)OCc3ccc([N+](=O)[O-])cc3)CS[C@H]12. The number of nitro benzene ring substituents is 1. The van der Waals surface area contributed by atoms with Crippen molar-refractivity contribution in [3.63, 3.8) is 0 Å². The van der Waals surface area contributed by atoms with Gasteiger partial charge >= 0.3 is 12.1 Å². The van der Waals surface area contributed by atoms with Crippen LogP contribution in [0, 0.1) is 10.1 Å². The van der Waals surface area contributed by atoms with E-state index in [0.29, 0.717) is 5.56 Å². The Kier molecular flexibility index (Phi) is 7.02. The molecule has 2 aromatic rings. The van der Waals surface area contributed by atoms with Crippen LogP contribution in [0.3, 0.4) is 0 Å². The molecule has 14 heteroatoms. The number of non-ortho nitro benzene ring substituents is 1. The summed E-state index contributed by atoms with van der Waals surface area (Å²) in [5.41, 5.74) is -0.00208. The standard InChI is InChI=1S/C21H18N4O8S2/c26-15(8-13-2-1-7-34-13)23-16-18(27)24-17(20(28)29)14(10-35-19(16)24)22-21(30)33-9-11-3-5-12(6-4-11)25(31)32/h1-7,16,19H,8-10H2,(H,22,30)(H,23,26)(H,28,29)/t16?,19-/m1/s1.